The highest BCUT2D eigenvalue weighted by Crippen LogP contribution is 2.22. The number of ether oxygens (including phenoxy) is 1. The lowest BCUT2D eigenvalue weighted by Gasteiger charge is -2.17. The number of nitriles is 1. The molecule has 0 bridgehead atoms. The van der Waals surface area contributed by atoms with Crippen LogP contribution in [0.5, 0.6) is 5.75 Å². The van der Waals surface area contributed by atoms with E-state index in [9.17, 15) is 4.79 Å². The Labute approximate surface area is 145 Å². The van der Waals surface area contributed by atoms with Crippen LogP contribution in [0.3, 0.4) is 0 Å². The first-order chi connectivity index (χ1) is 12.1. The van der Waals surface area contributed by atoms with E-state index >= 15 is 0 Å². The van der Waals surface area contributed by atoms with Crippen LogP contribution in [0.4, 0.5) is 0 Å². The Morgan fingerprint density at radius 1 is 1.28 bits per heavy atom. The van der Waals surface area contributed by atoms with E-state index in [2.05, 4.69) is 16.1 Å². The molecule has 0 N–H and O–H groups in total. The van der Waals surface area contributed by atoms with Gasteiger partial charge in [0.1, 0.15) is 24.7 Å². The third-order valence-electron chi connectivity index (χ3n) is 3.89. The lowest BCUT2D eigenvalue weighted by molar-refractivity contribution is -0.131. The number of benzene rings is 2. The lowest BCUT2D eigenvalue weighted by Crippen LogP contribution is -2.30. The Kier molecular flexibility index (Phi) is 4.61. The number of fused-ring (bicyclic) bond motifs is 1. The van der Waals surface area contributed by atoms with Crippen LogP contribution < -0.4 is 4.74 Å². The average Bonchev–Trinajstić information content (AvgIpc) is 3.08. The van der Waals surface area contributed by atoms with E-state index in [1.165, 1.54) is 11.0 Å². The minimum absolute atomic E-state index is 0.0515. The van der Waals surface area contributed by atoms with Crippen molar-refractivity contribution in [3.05, 3.63) is 54.1 Å². The van der Waals surface area contributed by atoms with E-state index in [0.29, 0.717) is 6.54 Å². The summed E-state index contributed by atoms with van der Waals surface area (Å²) in [7, 11) is 3.38. The third kappa shape index (κ3) is 3.75. The minimum atomic E-state index is -0.107. The zero-order chi connectivity index (χ0) is 17.8. The quantitative estimate of drug-likeness (QED) is 0.712. The standard InChI is InChI=1S/C18H17N5O2/c1-22(18(24)11-23-12-20-17(9-19)21-23)10-13-3-4-15-8-16(25-2)6-5-14(15)7-13/h3-8,12H,10-11H2,1-2H3. The number of carbonyl (C=O) groups excluding carboxylic acids is 1. The van der Waals surface area contributed by atoms with Gasteiger partial charge in [-0.15, -0.1) is 5.10 Å². The number of carbonyl (C=O) groups is 1. The monoisotopic (exact) mass is 335 g/mol. The fourth-order valence-corrected chi connectivity index (χ4v) is 2.54. The van der Waals surface area contributed by atoms with Crippen molar-refractivity contribution in [1.82, 2.24) is 19.7 Å². The van der Waals surface area contributed by atoms with Crippen molar-refractivity contribution in [3.63, 3.8) is 0 Å². The van der Waals surface area contributed by atoms with Gasteiger partial charge in [-0.3, -0.25) is 4.79 Å². The number of likely N-dealkylation sites (N-methyl/N-ethyl adjacent to an activating group) is 1. The van der Waals surface area contributed by atoms with Gasteiger partial charge in [-0.05, 0) is 34.5 Å². The first-order valence-electron chi connectivity index (χ1n) is 7.69. The molecule has 2 aromatic carbocycles. The van der Waals surface area contributed by atoms with Crippen molar-refractivity contribution < 1.29 is 9.53 Å². The molecule has 25 heavy (non-hydrogen) atoms. The molecule has 0 unspecified atom stereocenters. The summed E-state index contributed by atoms with van der Waals surface area (Å²) in [4.78, 5) is 17.7. The number of nitrogens with zero attached hydrogens (tertiary/aromatic N) is 5. The van der Waals surface area contributed by atoms with E-state index in [-0.39, 0.29) is 18.3 Å². The largest absolute Gasteiger partial charge is 0.497 e. The van der Waals surface area contributed by atoms with Gasteiger partial charge >= 0.3 is 0 Å². The Balaban J connectivity index is 1.69. The highest BCUT2D eigenvalue weighted by molar-refractivity contribution is 5.84. The van der Waals surface area contributed by atoms with Crippen molar-refractivity contribution in [1.29, 1.82) is 5.26 Å². The number of hydrogen-bond acceptors (Lipinski definition) is 5. The van der Waals surface area contributed by atoms with Gasteiger partial charge in [0, 0.05) is 13.6 Å². The fraction of sp³-hybridized carbons (Fsp3) is 0.222. The van der Waals surface area contributed by atoms with Crippen LogP contribution in [0, 0.1) is 11.3 Å². The van der Waals surface area contributed by atoms with Gasteiger partial charge in [0.15, 0.2) is 0 Å². The summed E-state index contributed by atoms with van der Waals surface area (Å²) in [5, 5.41) is 14.8. The average molecular weight is 335 g/mol. The van der Waals surface area contributed by atoms with Crippen LogP contribution in [-0.4, -0.2) is 39.7 Å². The number of hydrogen-bond donors (Lipinski definition) is 0. The number of aromatic nitrogens is 3. The maximum atomic E-state index is 12.3. The number of rotatable bonds is 5. The highest BCUT2D eigenvalue weighted by Gasteiger charge is 2.12. The van der Waals surface area contributed by atoms with E-state index < -0.39 is 0 Å². The molecule has 0 atom stereocenters. The normalized spacial score (nSPS) is 10.4. The lowest BCUT2D eigenvalue weighted by atomic mass is 10.1. The predicted molar refractivity (Wildman–Crippen MR) is 91.7 cm³/mol. The molecule has 1 heterocycles. The summed E-state index contributed by atoms with van der Waals surface area (Å²) >= 11 is 0. The van der Waals surface area contributed by atoms with Crippen LogP contribution in [0.2, 0.25) is 0 Å². The summed E-state index contributed by atoms with van der Waals surface area (Å²) in [6.07, 6.45) is 1.38. The van der Waals surface area contributed by atoms with Crippen molar-refractivity contribution in [2.75, 3.05) is 14.2 Å². The zero-order valence-electron chi connectivity index (χ0n) is 14.0. The second kappa shape index (κ2) is 7.01. The Bertz CT molecular complexity index is 957. The molecule has 3 aromatic rings. The van der Waals surface area contributed by atoms with Gasteiger partial charge in [0.25, 0.3) is 5.82 Å². The SMILES string of the molecule is COc1ccc2cc(CN(C)C(=O)Cn3cnc(C#N)n3)ccc2c1. The molecule has 7 nitrogen and oxygen atoms in total. The highest BCUT2D eigenvalue weighted by atomic mass is 16.5. The molecule has 0 radical (unpaired) electrons. The van der Waals surface area contributed by atoms with E-state index in [1.807, 2.05) is 36.4 Å². The minimum Gasteiger partial charge on any atom is -0.497 e. The van der Waals surface area contributed by atoms with E-state index in [4.69, 9.17) is 10.00 Å². The molecule has 0 aliphatic heterocycles. The molecule has 7 heteroatoms. The van der Waals surface area contributed by atoms with Crippen LogP contribution in [0.25, 0.3) is 10.8 Å². The van der Waals surface area contributed by atoms with Crippen LogP contribution in [-0.2, 0) is 17.9 Å². The molecule has 0 saturated heterocycles. The summed E-state index contributed by atoms with van der Waals surface area (Å²) in [6.45, 7) is 0.538. The number of amides is 1. The van der Waals surface area contributed by atoms with Crippen molar-refractivity contribution >= 4 is 16.7 Å². The smallest absolute Gasteiger partial charge is 0.252 e. The van der Waals surface area contributed by atoms with Gasteiger partial charge in [-0.25, -0.2) is 9.67 Å². The molecule has 0 saturated carbocycles. The van der Waals surface area contributed by atoms with E-state index in [0.717, 1.165) is 22.1 Å². The summed E-state index contributed by atoms with van der Waals surface area (Å²) in [6, 6.07) is 13.8. The summed E-state index contributed by atoms with van der Waals surface area (Å²) in [5.41, 5.74) is 1.03. The fourth-order valence-electron chi connectivity index (χ4n) is 2.54. The second-order valence-corrected chi connectivity index (χ2v) is 5.67. The second-order valence-electron chi connectivity index (χ2n) is 5.67. The van der Waals surface area contributed by atoms with Gasteiger partial charge in [0.2, 0.25) is 5.91 Å². The maximum Gasteiger partial charge on any atom is 0.252 e. The topological polar surface area (TPSA) is 84.0 Å². The van der Waals surface area contributed by atoms with Gasteiger partial charge in [-0.2, -0.15) is 5.26 Å². The van der Waals surface area contributed by atoms with Crippen molar-refractivity contribution in [3.8, 4) is 11.8 Å². The van der Waals surface area contributed by atoms with Crippen molar-refractivity contribution in [2.24, 2.45) is 0 Å². The molecular formula is C18H17N5O2. The number of methoxy groups -OCH3 is 1. The molecule has 3 rings (SSSR count). The van der Waals surface area contributed by atoms with Gasteiger partial charge < -0.3 is 9.64 Å². The van der Waals surface area contributed by atoms with Gasteiger partial charge in [0.05, 0.1) is 7.11 Å². The molecule has 1 amide bonds. The third-order valence-corrected chi connectivity index (χ3v) is 3.89. The molecular weight excluding hydrogens is 318 g/mol. The maximum absolute atomic E-state index is 12.3. The molecule has 1 aromatic heterocycles. The van der Waals surface area contributed by atoms with Crippen LogP contribution in [0.15, 0.2) is 42.7 Å². The van der Waals surface area contributed by atoms with Gasteiger partial charge in [-0.1, -0.05) is 18.2 Å². The molecule has 0 fully saturated rings. The molecule has 0 aliphatic carbocycles. The first kappa shape index (κ1) is 16.5. The predicted octanol–water partition coefficient (Wildman–Crippen LogP) is 1.97. The summed E-state index contributed by atoms with van der Waals surface area (Å²) in [5.74, 6) is 0.766. The zero-order valence-corrected chi connectivity index (χ0v) is 14.0. The summed E-state index contributed by atoms with van der Waals surface area (Å²) < 4.78 is 6.59. The molecule has 0 aliphatic rings. The van der Waals surface area contributed by atoms with Crippen LogP contribution >= 0.6 is 0 Å². The Morgan fingerprint density at radius 2 is 2.04 bits per heavy atom. The Morgan fingerprint density at radius 3 is 2.76 bits per heavy atom. The van der Waals surface area contributed by atoms with E-state index in [1.54, 1.807) is 19.1 Å². The molecule has 0 spiro atoms. The Hall–Kier alpha value is -3.40. The van der Waals surface area contributed by atoms with Crippen LogP contribution in [0.1, 0.15) is 11.4 Å². The van der Waals surface area contributed by atoms with Crippen molar-refractivity contribution in [2.45, 2.75) is 13.1 Å². The molecule has 126 valence electrons. The first-order valence-corrected chi connectivity index (χ1v) is 7.69.